The molecule has 1 aromatic carbocycles. The van der Waals surface area contributed by atoms with Gasteiger partial charge >= 0.3 is 0 Å². The van der Waals surface area contributed by atoms with E-state index in [-0.39, 0.29) is 5.17 Å². The Balaban J connectivity index is 2.28. The molecule has 1 N–H and O–H groups in total. The first-order valence-corrected chi connectivity index (χ1v) is 4.61. The van der Waals surface area contributed by atoms with Crippen LogP contribution in [0.5, 0.6) is 0 Å². The molecular formula is C10H12ClNO. The van der Waals surface area contributed by atoms with Crippen LogP contribution >= 0.6 is 11.6 Å². The van der Waals surface area contributed by atoms with Crippen molar-refractivity contribution in [1.29, 1.82) is 0 Å². The minimum Gasteiger partial charge on any atom is -0.410 e. The molecule has 0 aliphatic heterocycles. The van der Waals surface area contributed by atoms with Crippen molar-refractivity contribution < 1.29 is 5.21 Å². The molecule has 0 spiro atoms. The maximum atomic E-state index is 8.29. The molecule has 0 atom stereocenters. The van der Waals surface area contributed by atoms with Gasteiger partial charge in [0.15, 0.2) is 0 Å². The molecule has 2 nitrogen and oxygen atoms in total. The van der Waals surface area contributed by atoms with E-state index in [4.69, 9.17) is 16.8 Å². The van der Waals surface area contributed by atoms with Crippen LogP contribution in [-0.4, -0.2) is 10.4 Å². The van der Waals surface area contributed by atoms with E-state index in [1.807, 2.05) is 18.2 Å². The Kier molecular flexibility index (Phi) is 4.33. The van der Waals surface area contributed by atoms with Gasteiger partial charge in [0.1, 0.15) is 5.17 Å². The monoisotopic (exact) mass is 197 g/mol. The molecule has 0 aliphatic carbocycles. The molecule has 13 heavy (non-hydrogen) atoms. The van der Waals surface area contributed by atoms with Crippen LogP contribution in [0.25, 0.3) is 0 Å². The number of halogens is 1. The third-order valence-electron chi connectivity index (χ3n) is 1.80. The van der Waals surface area contributed by atoms with Crippen molar-refractivity contribution >= 4 is 16.8 Å². The molecule has 0 saturated carbocycles. The Hall–Kier alpha value is -1.02. The zero-order valence-corrected chi connectivity index (χ0v) is 8.04. The van der Waals surface area contributed by atoms with E-state index in [1.165, 1.54) is 5.56 Å². The van der Waals surface area contributed by atoms with E-state index in [1.54, 1.807) is 0 Å². The Labute approximate surface area is 82.8 Å². The third kappa shape index (κ3) is 3.95. The smallest absolute Gasteiger partial charge is 0.145 e. The molecule has 0 radical (unpaired) electrons. The molecular weight excluding hydrogens is 186 g/mol. The highest BCUT2D eigenvalue weighted by Crippen LogP contribution is 2.06. The predicted molar refractivity (Wildman–Crippen MR) is 54.5 cm³/mol. The first-order valence-electron chi connectivity index (χ1n) is 4.23. The quantitative estimate of drug-likeness (QED) is 0.449. The van der Waals surface area contributed by atoms with Crippen molar-refractivity contribution in [3.63, 3.8) is 0 Å². The molecule has 0 aliphatic rings. The first kappa shape index (κ1) is 10.1. The summed E-state index contributed by atoms with van der Waals surface area (Å²) in [6, 6.07) is 10.2. The van der Waals surface area contributed by atoms with Crippen LogP contribution in [0.1, 0.15) is 18.4 Å². The Bertz CT molecular complexity index is 272. The summed E-state index contributed by atoms with van der Waals surface area (Å²) in [4.78, 5) is 0. The summed E-state index contributed by atoms with van der Waals surface area (Å²) in [5, 5.41) is 11.5. The Morgan fingerprint density at radius 1 is 1.31 bits per heavy atom. The largest absolute Gasteiger partial charge is 0.410 e. The number of nitrogens with zero attached hydrogens (tertiary/aromatic N) is 1. The van der Waals surface area contributed by atoms with Crippen LogP contribution in [0, 0.1) is 0 Å². The maximum absolute atomic E-state index is 8.29. The average Bonchev–Trinajstić information content (AvgIpc) is 2.19. The van der Waals surface area contributed by atoms with Crippen LogP contribution in [-0.2, 0) is 6.42 Å². The van der Waals surface area contributed by atoms with Crippen LogP contribution in [0.4, 0.5) is 0 Å². The molecule has 0 fully saturated rings. The highest BCUT2D eigenvalue weighted by molar-refractivity contribution is 6.65. The van der Waals surface area contributed by atoms with E-state index in [0.717, 1.165) is 12.8 Å². The summed E-state index contributed by atoms with van der Waals surface area (Å²) in [5.74, 6) is 0. The van der Waals surface area contributed by atoms with Gasteiger partial charge in [-0.25, -0.2) is 0 Å². The Morgan fingerprint density at radius 3 is 2.62 bits per heavy atom. The van der Waals surface area contributed by atoms with E-state index in [9.17, 15) is 0 Å². The number of hydrogen-bond acceptors (Lipinski definition) is 2. The lowest BCUT2D eigenvalue weighted by Crippen LogP contribution is -1.90. The first-order chi connectivity index (χ1) is 6.33. The van der Waals surface area contributed by atoms with Crippen molar-refractivity contribution in [2.45, 2.75) is 19.3 Å². The number of aryl methyl sites for hydroxylation is 1. The van der Waals surface area contributed by atoms with Gasteiger partial charge in [0.25, 0.3) is 0 Å². The topological polar surface area (TPSA) is 32.6 Å². The minimum absolute atomic E-state index is 0.274. The van der Waals surface area contributed by atoms with Gasteiger partial charge in [-0.2, -0.15) is 0 Å². The fourth-order valence-electron chi connectivity index (χ4n) is 1.13. The normalized spacial score (nSPS) is 11.6. The summed E-state index contributed by atoms with van der Waals surface area (Å²) >= 11 is 5.53. The number of oxime groups is 1. The molecule has 0 heterocycles. The molecule has 0 aromatic heterocycles. The lowest BCUT2D eigenvalue weighted by Gasteiger charge is -1.98. The predicted octanol–water partition coefficient (Wildman–Crippen LogP) is 3.04. The molecule has 0 unspecified atom stereocenters. The van der Waals surface area contributed by atoms with Crippen molar-refractivity contribution in [2.24, 2.45) is 5.16 Å². The second-order valence-corrected chi connectivity index (χ2v) is 3.25. The van der Waals surface area contributed by atoms with Crippen molar-refractivity contribution in [1.82, 2.24) is 0 Å². The minimum atomic E-state index is 0.274. The molecule has 1 aromatic rings. The van der Waals surface area contributed by atoms with E-state index < -0.39 is 0 Å². The van der Waals surface area contributed by atoms with Crippen molar-refractivity contribution in [3.05, 3.63) is 35.9 Å². The number of benzene rings is 1. The average molecular weight is 198 g/mol. The SMILES string of the molecule is O/N=C(\Cl)CCCc1ccccc1. The zero-order chi connectivity index (χ0) is 9.52. The van der Waals surface area contributed by atoms with Gasteiger partial charge in [0.05, 0.1) is 0 Å². The zero-order valence-electron chi connectivity index (χ0n) is 7.28. The number of hydrogen-bond donors (Lipinski definition) is 1. The van der Waals surface area contributed by atoms with Gasteiger partial charge in [0, 0.05) is 6.42 Å². The van der Waals surface area contributed by atoms with Gasteiger partial charge in [-0.1, -0.05) is 47.1 Å². The highest BCUT2D eigenvalue weighted by atomic mass is 35.5. The van der Waals surface area contributed by atoms with Gasteiger partial charge in [-0.05, 0) is 18.4 Å². The lowest BCUT2D eigenvalue weighted by atomic mass is 10.1. The summed E-state index contributed by atoms with van der Waals surface area (Å²) in [5.41, 5.74) is 1.28. The van der Waals surface area contributed by atoms with Crippen LogP contribution in [0.2, 0.25) is 0 Å². The van der Waals surface area contributed by atoms with Crippen molar-refractivity contribution in [2.75, 3.05) is 0 Å². The Morgan fingerprint density at radius 2 is 2.00 bits per heavy atom. The molecule has 70 valence electrons. The van der Waals surface area contributed by atoms with Gasteiger partial charge in [0.2, 0.25) is 0 Å². The molecule has 0 bridgehead atoms. The van der Waals surface area contributed by atoms with Crippen LogP contribution < -0.4 is 0 Å². The molecule has 3 heteroatoms. The van der Waals surface area contributed by atoms with E-state index in [2.05, 4.69) is 17.3 Å². The van der Waals surface area contributed by atoms with Crippen LogP contribution in [0.15, 0.2) is 35.5 Å². The van der Waals surface area contributed by atoms with Crippen LogP contribution in [0.3, 0.4) is 0 Å². The lowest BCUT2D eigenvalue weighted by molar-refractivity contribution is 0.319. The fourth-order valence-corrected chi connectivity index (χ4v) is 1.27. The molecule has 1 rings (SSSR count). The second-order valence-electron chi connectivity index (χ2n) is 2.82. The molecule has 0 amide bonds. The summed E-state index contributed by atoms with van der Waals surface area (Å²) in [6.07, 6.45) is 2.51. The number of rotatable bonds is 4. The van der Waals surface area contributed by atoms with Crippen molar-refractivity contribution in [3.8, 4) is 0 Å². The summed E-state index contributed by atoms with van der Waals surface area (Å²) < 4.78 is 0. The maximum Gasteiger partial charge on any atom is 0.145 e. The van der Waals surface area contributed by atoms with Gasteiger partial charge < -0.3 is 5.21 Å². The van der Waals surface area contributed by atoms with Gasteiger partial charge in [-0.3, -0.25) is 0 Å². The highest BCUT2D eigenvalue weighted by Gasteiger charge is 1.96. The molecule has 0 saturated heterocycles. The van der Waals surface area contributed by atoms with E-state index in [0.29, 0.717) is 6.42 Å². The summed E-state index contributed by atoms with van der Waals surface area (Å²) in [7, 11) is 0. The standard InChI is InChI=1S/C10H12ClNO/c11-10(12-13)8-4-7-9-5-2-1-3-6-9/h1-3,5-6,13H,4,7-8H2/b12-10-. The third-order valence-corrected chi connectivity index (χ3v) is 2.06. The van der Waals surface area contributed by atoms with E-state index >= 15 is 0 Å². The summed E-state index contributed by atoms with van der Waals surface area (Å²) in [6.45, 7) is 0. The van der Waals surface area contributed by atoms with Gasteiger partial charge in [-0.15, -0.1) is 0 Å². The second kappa shape index (κ2) is 5.60. The fraction of sp³-hybridized carbons (Fsp3) is 0.300.